The number of carbonyl (C=O) groups is 1. The van der Waals surface area contributed by atoms with Crippen LogP contribution in [0, 0.1) is 17.6 Å². The van der Waals surface area contributed by atoms with Crippen molar-refractivity contribution in [2.45, 2.75) is 32.1 Å². The minimum atomic E-state index is -0.814. The Bertz CT molecular complexity index is 924. The molecular formula is C22H23F2N3O. The van der Waals surface area contributed by atoms with E-state index in [-0.39, 0.29) is 17.3 Å². The van der Waals surface area contributed by atoms with E-state index in [2.05, 4.69) is 22.1 Å². The maximum atomic E-state index is 14.7. The van der Waals surface area contributed by atoms with Crippen LogP contribution in [0.5, 0.6) is 0 Å². The molecule has 0 aromatic heterocycles. The lowest BCUT2D eigenvalue weighted by atomic mass is 10.0. The molecule has 1 aliphatic carbocycles. The molecule has 4 rings (SSSR count). The number of aliphatic imine (C=N–C) groups is 1. The molecule has 146 valence electrons. The van der Waals surface area contributed by atoms with Gasteiger partial charge in [0.25, 0.3) is 0 Å². The van der Waals surface area contributed by atoms with Gasteiger partial charge in [-0.15, -0.1) is 0 Å². The Morgan fingerprint density at radius 1 is 1.21 bits per heavy atom. The van der Waals surface area contributed by atoms with Crippen molar-refractivity contribution in [2.75, 3.05) is 23.3 Å². The molecule has 0 spiro atoms. The average molecular weight is 383 g/mol. The number of rotatable bonds is 7. The molecule has 1 saturated carbocycles. The number of nitrogens with one attached hydrogen (secondary N) is 1. The molecule has 1 fully saturated rings. The van der Waals surface area contributed by atoms with Crippen LogP contribution in [0.4, 0.5) is 25.8 Å². The third-order valence-corrected chi connectivity index (χ3v) is 5.22. The van der Waals surface area contributed by atoms with Gasteiger partial charge in [0.05, 0.1) is 11.4 Å². The lowest BCUT2D eigenvalue weighted by molar-refractivity contribution is -0.115. The number of amides is 1. The van der Waals surface area contributed by atoms with E-state index >= 15 is 0 Å². The minimum absolute atomic E-state index is 0.284. The highest BCUT2D eigenvalue weighted by atomic mass is 19.1. The van der Waals surface area contributed by atoms with Gasteiger partial charge in [0.2, 0.25) is 5.91 Å². The first kappa shape index (κ1) is 18.6. The summed E-state index contributed by atoms with van der Waals surface area (Å²) >= 11 is 0. The summed E-state index contributed by atoms with van der Waals surface area (Å²) in [4.78, 5) is 18.5. The Kier molecular flexibility index (Phi) is 5.11. The number of carbonyl (C=O) groups excluding carboxylic acids is 1. The largest absolute Gasteiger partial charge is 0.369 e. The van der Waals surface area contributed by atoms with Crippen LogP contribution in [0.2, 0.25) is 0 Å². The Morgan fingerprint density at radius 2 is 2.04 bits per heavy atom. The number of hydrogen-bond acceptors (Lipinski definition) is 3. The molecule has 0 bridgehead atoms. The predicted molar refractivity (Wildman–Crippen MR) is 108 cm³/mol. The van der Waals surface area contributed by atoms with Gasteiger partial charge >= 0.3 is 0 Å². The SMILES string of the molecule is CCCN(CC1CC1)c1ccc(N=CC2C(=O)Nc3cccc(F)c32)cc1F. The maximum Gasteiger partial charge on any atom is 0.237 e. The Hall–Kier alpha value is -2.76. The molecule has 1 N–H and O–H groups in total. The summed E-state index contributed by atoms with van der Waals surface area (Å²) in [6.07, 6.45) is 4.76. The molecule has 6 heteroatoms. The Morgan fingerprint density at radius 3 is 2.75 bits per heavy atom. The first-order valence-corrected chi connectivity index (χ1v) is 9.74. The van der Waals surface area contributed by atoms with E-state index in [1.165, 1.54) is 31.2 Å². The van der Waals surface area contributed by atoms with Crippen LogP contribution in [0.25, 0.3) is 0 Å². The molecule has 0 saturated heterocycles. The van der Waals surface area contributed by atoms with Crippen molar-refractivity contribution >= 4 is 29.2 Å². The number of halogens is 2. The molecule has 2 aromatic carbocycles. The van der Waals surface area contributed by atoms with Crippen LogP contribution in [-0.2, 0) is 4.79 Å². The minimum Gasteiger partial charge on any atom is -0.369 e. The van der Waals surface area contributed by atoms with Crippen molar-refractivity contribution in [2.24, 2.45) is 10.9 Å². The summed E-state index contributed by atoms with van der Waals surface area (Å²) in [6.45, 7) is 3.78. The fraction of sp³-hybridized carbons (Fsp3) is 0.364. The highest BCUT2D eigenvalue weighted by molar-refractivity contribution is 6.12. The van der Waals surface area contributed by atoms with Gasteiger partial charge in [0.15, 0.2) is 0 Å². The van der Waals surface area contributed by atoms with Gasteiger partial charge in [0.1, 0.15) is 17.6 Å². The summed E-state index contributed by atoms with van der Waals surface area (Å²) in [5, 5.41) is 2.65. The number of nitrogens with zero attached hydrogens (tertiary/aromatic N) is 2. The second kappa shape index (κ2) is 7.70. The number of fused-ring (bicyclic) bond motifs is 1. The lowest BCUT2D eigenvalue weighted by Gasteiger charge is -2.24. The van der Waals surface area contributed by atoms with E-state index in [0.717, 1.165) is 19.5 Å². The average Bonchev–Trinajstić information content (AvgIpc) is 3.41. The van der Waals surface area contributed by atoms with Gasteiger partial charge in [0, 0.05) is 36.6 Å². The van der Waals surface area contributed by atoms with E-state index in [1.54, 1.807) is 24.3 Å². The van der Waals surface area contributed by atoms with Crippen molar-refractivity contribution in [3.63, 3.8) is 0 Å². The smallest absolute Gasteiger partial charge is 0.237 e. The van der Waals surface area contributed by atoms with E-state index < -0.39 is 11.7 Å². The normalized spacial score (nSPS) is 18.4. The zero-order chi connectivity index (χ0) is 19.7. The van der Waals surface area contributed by atoms with Crippen molar-refractivity contribution in [1.82, 2.24) is 0 Å². The second-order valence-corrected chi connectivity index (χ2v) is 7.47. The Labute approximate surface area is 163 Å². The number of benzene rings is 2. The topological polar surface area (TPSA) is 44.7 Å². The van der Waals surface area contributed by atoms with Crippen LogP contribution in [-0.4, -0.2) is 25.2 Å². The van der Waals surface area contributed by atoms with Crippen LogP contribution in [0.15, 0.2) is 41.4 Å². The van der Waals surface area contributed by atoms with E-state index in [1.807, 2.05) is 0 Å². The fourth-order valence-electron chi connectivity index (χ4n) is 3.63. The van der Waals surface area contributed by atoms with E-state index in [4.69, 9.17) is 0 Å². The highest BCUT2D eigenvalue weighted by Gasteiger charge is 2.32. The first-order valence-electron chi connectivity index (χ1n) is 9.74. The molecule has 2 aliphatic rings. The molecule has 1 atom stereocenters. The highest BCUT2D eigenvalue weighted by Crippen LogP contribution is 2.35. The molecule has 1 aliphatic heterocycles. The maximum absolute atomic E-state index is 14.7. The zero-order valence-electron chi connectivity index (χ0n) is 15.8. The summed E-state index contributed by atoms with van der Waals surface area (Å²) in [5.74, 6) is -1.26. The van der Waals surface area contributed by atoms with Crippen molar-refractivity contribution in [3.8, 4) is 0 Å². The molecule has 1 unspecified atom stereocenters. The zero-order valence-corrected chi connectivity index (χ0v) is 15.8. The molecule has 1 heterocycles. The summed E-state index contributed by atoms with van der Waals surface area (Å²) < 4.78 is 28.8. The summed E-state index contributed by atoms with van der Waals surface area (Å²) in [7, 11) is 0. The monoisotopic (exact) mass is 383 g/mol. The van der Waals surface area contributed by atoms with Crippen LogP contribution >= 0.6 is 0 Å². The van der Waals surface area contributed by atoms with Crippen LogP contribution in [0.3, 0.4) is 0 Å². The van der Waals surface area contributed by atoms with Gasteiger partial charge in [-0.3, -0.25) is 9.79 Å². The van der Waals surface area contributed by atoms with Crippen LogP contribution in [0.1, 0.15) is 37.7 Å². The van der Waals surface area contributed by atoms with Gasteiger partial charge in [-0.05, 0) is 49.4 Å². The molecule has 28 heavy (non-hydrogen) atoms. The molecule has 4 nitrogen and oxygen atoms in total. The van der Waals surface area contributed by atoms with Gasteiger partial charge in [-0.2, -0.15) is 0 Å². The van der Waals surface area contributed by atoms with Gasteiger partial charge in [-0.25, -0.2) is 8.78 Å². The van der Waals surface area contributed by atoms with E-state index in [9.17, 15) is 13.6 Å². The quantitative estimate of drug-likeness (QED) is 0.682. The molecular weight excluding hydrogens is 360 g/mol. The van der Waals surface area contributed by atoms with Gasteiger partial charge < -0.3 is 10.2 Å². The van der Waals surface area contributed by atoms with Gasteiger partial charge in [-0.1, -0.05) is 13.0 Å². The van der Waals surface area contributed by atoms with Crippen molar-refractivity contribution in [3.05, 3.63) is 53.6 Å². The van der Waals surface area contributed by atoms with Crippen LogP contribution < -0.4 is 10.2 Å². The molecule has 0 radical (unpaired) electrons. The number of anilines is 2. The lowest BCUT2D eigenvalue weighted by Crippen LogP contribution is -2.27. The third-order valence-electron chi connectivity index (χ3n) is 5.22. The summed E-state index contributed by atoms with van der Waals surface area (Å²) in [6, 6.07) is 9.36. The van der Waals surface area contributed by atoms with Crippen molar-refractivity contribution < 1.29 is 13.6 Å². The second-order valence-electron chi connectivity index (χ2n) is 7.47. The molecule has 2 aromatic rings. The molecule has 1 amide bonds. The standard InChI is InChI=1S/C22H23F2N3O/c1-2-10-27(13-14-6-7-14)20-9-8-15(11-18(20)24)25-12-16-21-17(23)4-3-5-19(21)26-22(16)28/h3-5,8-9,11-12,14,16H,2,6-7,10,13H2,1H3,(H,26,28). The first-order chi connectivity index (χ1) is 13.6. The predicted octanol–water partition coefficient (Wildman–Crippen LogP) is 5.03. The number of hydrogen-bond donors (Lipinski definition) is 1. The fourth-order valence-corrected chi connectivity index (χ4v) is 3.63. The third kappa shape index (κ3) is 3.77. The van der Waals surface area contributed by atoms with E-state index in [0.29, 0.717) is 23.0 Å². The summed E-state index contributed by atoms with van der Waals surface area (Å²) in [5.41, 5.74) is 1.73. The van der Waals surface area contributed by atoms with Crippen molar-refractivity contribution in [1.29, 1.82) is 0 Å². The Balaban J connectivity index is 1.54.